The lowest BCUT2D eigenvalue weighted by Crippen LogP contribution is -2.35. The summed E-state index contributed by atoms with van der Waals surface area (Å²) < 4.78 is 0.505. The van der Waals surface area contributed by atoms with E-state index in [1.54, 1.807) is 0 Å². The number of hydrogen-bond acceptors (Lipinski definition) is 4. The Kier molecular flexibility index (Phi) is 13.4. The second-order valence-electron chi connectivity index (χ2n) is 5.13. The van der Waals surface area contributed by atoms with E-state index in [2.05, 4.69) is 37.5 Å². The third kappa shape index (κ3) is 6.07. The quantitative estimate of drug-likeness (QED) is 0.655. The second kappa shape index (κ2) is 12.6. The van der Waals surface area contributed by atoms with Gasteiger partial charge < -0.3 is 9.80 Å². The molecule has 0 saturated heterocycles. The molecule has 0 heterocycles. The molecule has 3 nitrogen and oxygen atoms in total. The first kappa shape index (κ1) is 23.4. The van der Waals surface area contributed by atoms with Gasteiger partial charge in [0.15, 0.2) is 0 Å². The Morgan fingerprint density at radius 1 is 1.00 bits per heavy atom. The van der Waals surface area contributed by atoms with Crippen LogP contribution in [0.3, 0.4) is 0 Å². The normalized spacial score (nSPS) is 9.73. The Morgan fingerprint density at radius 3 is 1.82 bits per heavy atom. The Labute approximate surface area is 143 Å². The van der Waals surface area contributed by atoms with E-state index in [-0.39, 0.29) is 5.43 Å². The zero-order valence-electron chi connectivity index (χ0n) is 16.1. The Hall–Kier alpha value is -0.900. The molecule has 0 saturated carbocycles. The van der Waals surface area contributed by atoms with Gasteiger partial charge in [-0.15, -0.1) is 0 Å². The maximum absolute atomic E-state index is 11.9. The van der Waals surface area contributed by atoms with Gasteiger partial charge in [0.2, 0.25) is 5.43 Å². The lowest BCUT2D eigenvalue weighted by molar-refractivity contribution is 0.584. The first-order chi connectivity index (χ1) is 10.4. The van der Waals surface area contributed by atoms with Crippen LogP contribution >= 0.6 is 12.2 Å². The fourth-order valence-electron chi connectivity index (χ4n) is 2.12. The highest BCUT2D eigenvalue weighted by molar-refractivity contribution is 7.71. The van der Waals surface area contributed by atoms with Crippen LogP contribution in [0.2, 0.25) is 0 Å². The average Bonchev–Trinajstić information content (AvgIpc) is 2.56. The van der Waals surface area contributed by atoms with Gasteiger partial charge in [0.25, 0.3) is 0 Å². The average molecular weight is 329 g/mol. The Morgan fingerprint density at radius 2 is 1.45 bits per heavy atom. The van der Waals surface area contributed by atoms with Crippen molar-refractivity contribution in [2.75, 3.05) is 36.5 Å². The molecule has 4 heteroatoms. The van der Waals surface area contributed by atoms with Crippen molar-refractivity contribution in [1.82, 2.24) is 0 Å². The molecular formula is C18H36N2OS. The fourth-order valence-corrected chi connectivity index (χ4v) is 2.44. The van der Waals surface area contributed by atoms with Crippen molar-refractivity contribution in [3.05, 3.63) is 14.7 Å². The first-order valence-electron chi connectivity index (χ1n) is 8.73. The molecule has 0 N–H and O–H groups in total. The standard InChI is InChI=1S/C14H24N2OS.2C2H6/c1-6-16(7-2)12-11(13(17)14(12)18)15(5)9-8-10(3)4;2*1-2/h10H,6-9H2,1-5H3;2*1-2H3. The molecule has 1 aromatic carbocycles. The summed E-state index contributed by atoms with van der Waals surface area (Å²) in [6, 6.07) is 0. The van der Waals surface area contributed by atoms with Crippen molar-refractivity contribution in [2.24, 2.45) is 5.92 Å². The summed E-state index contributed by atoms with van der Waals surface area (Å²) in [6.07, 6.45) is 1.09. The van der Waals surface area contributed by atoms with Crippen molar-refractivity contribution in [2.45, 2.75) is 61.8 Å². The number of rotatable bonds is 7. The van der Waals surface area contributed by atoms with Gasteiger partial charge in [0, 0.05) is 26.7 Å². The zero-order valence-corrected chi connectivity index (χ0v) is 16.9. The van der Waals surface area contributed by atoms with E-state index in [0.29, 0.717) is 10.4 Å². The van der Waals surface area contributed by atoms with Crippen LogP contribution in [-0.4, -0.2) is 26.7 Å². The van der Waals surface area contributed by atoms with E-state index >= 15 is 0 Å². The van der Waals surface area contributed by atoms with Crippen molar-refractivity contribution < 1.29 is 0 Å². The maximum Gasteiger partial charge on any atom is 0.224 e. The molecule has 0 aliphatic heterocycles. The van der Waals surface area contributed by atoms with Crippen molar-refractivity contribution in [3.63, 3.8) is 0 Å². The zero-order chi connectivity index (χ0) is 17.9. The molecule has 130 valence electrons. The van der Waals surface area contributed by atoms with E-state index < -0.39 is 0 Å². The summed E-state index contributed by atoms with van der Waals surface area (Å²) in [5, 5.41) is 0. The van der Waals surface area contributed by atoms with E-state index in [1.807, 2.05) is 34.7 Å². The molecule has 1 rings (SSSR count). The molecule has 22 heavy (non-hydrogen) atoms. The summed E-state index contributed by atoms with van der Waals surface area (Å²) in [6.45, 7) is 19.3. The smallest absolute Gasteiger partial charge is 0.224 e. The predicted molar refractivity (Wildman–Crippen MR) is 105 cm³/mol. The molecule has 0 fully saturated rings. The largest absolute Gasteiger partial charge is 0.370 e. The minimum absolute atomic E-state index is 0.0400. The summed E-state index contributed by atoms with van der Waals surface area (Å²) in [5.74, 6) is 0.645. The van der Waals surface area contributed by atoms with E-state index in [0.717, 1.165) is 37.4 Å². The Balaban J connectivity index is 0. The van der Waals surface area contributed by atoms with Gasteiger partial charge in [-0.05, 0) is 26.2 Å². The van der Waals surface area contributed by atoms with E-state index in [4.69, 9.17) is 12.2 Å². The Bertz CT molecular complexity index is 458. The van der Waals surface area contributed by atoms with Crippen LogP contribution < -0.4 is 15.2 Å². The van der Waals surface area contributed by atoms with E-state index in [9.17, 15) is 4.79 Å². The molecule has 0 radical (unpaired) electrons. The van der Waals surface area contributed by atoms with Crippen LogP contribution in [0.1, 0.15) is 61.8 Å². The van der Waals surface area contributed by atoms with Crippen molar-refractivity contribution in [3.8, 4) is 0 Å². The highest BCUT2D eigenvalue weighted by Crippen LogP contribution is 2.30. The monoisotopic (exact) mass is 328 g/mol. The third-order valence-electron chi connectivity index (χ3n) is 3.36. The molecule has 0 aliphatic carbocycles. The van der Waals surface area contributed by atoms with Crippen molar-refractivity contribution in [1.29, 1.82) is 0 Å². The van der Waals surface area contributed by atoms with E-state index in [1.165, 1.54) is 0 Å². The fraction of sp³-hybridized carbons (Fsp3) is 0.778. The minimum Gasteiger partial charge on any atom is -0.370 e. The van der Waals surface area contributed by atoms with Crippen LogP contribution in [0.4, 0.5) is 11.4 Å². The topological polar surface area (TPSA) is 23.6 Å². The molecule has 0 spiro atoms. The van der Waals surface area contributed by atoms with Gasteiger partial charge in [-0.25, -0.2) is 0 Å². The number of nitrogens with zero attached hydrogens (tertiary/aromatic N) is 2. The van der Waals surface area contributed by atoms with Gasteiger partial charge in [-0.2, -0.15) is 0 Å². The predicted octanol–water partition coefficient (Wildman–Crippen LogP) is 5.03. The molecule has 0 amide bonds. The lowest BCUT2D eigenvalue weighted by atomic mass is 10.1. The van der Waals surface area contributed by atoms with Crippen LogP contribution in [0.5, 0.6) is 0 Å². The van der Waals surface area contributed by atoms with Gasteiger partial charge >= 0.3 is 0 Å². The maximum atomic E-state index is 11.9. The lowest BCUT2D eigenvalue weighted by Gasteiger charge is -2.31. The highest BCUT2D eigenvalue weighted by atomic mass is 32.1. The summed E-state index contributed by atoms with van der Waals surface area (Å²) in [4.78, 5) is 16.2. The summed E-state index contributed by atoms with van der Waals surface area (Å²) in [5.41, 5.74) is 1.83. The minimum atomic E-state index is 0.0400. The molecule has 0 unspecified atom stereocenters. The van der Waals surface area contributed by atoms with Crippen LogP contribution in [0, 0.1) is 10.4 Å². The summed E-state index contributed by atoms with van der Waals surface area (Å²) >= 11 is 5.19. The SMILES string of the molecule is CC.CC.CCN(CC)c1c(N(C)CCC(C)C)c(=O)c1=S. The molecule has 0 aliphatic rings. The van der Waals surface area contributed by atoms with Crippen LogP contribution in [0.25, 0.3) is 0 Å². The molecule has 0 atom stereocenters. The highest BCUT2D eigenvalue weighted by Gasteiger charge is 2.24. The summed E-state index contributed by atoms with van der Waals surface area (Å²) in [7, 11) is 1.99. The molecular weight excluding hydrogens is 292 g/mol. The van der Waals surface area contributed by atoms with Crippen LogP contribution in [0.15, 0.2) is 4.79 Å². The number of anilines is 2. The van der Waals surface area contributed by atoms with Gasteiger partial charge in [0.05, 0.1) is 5.69 Å². The van der Waals surface area contributed by atoms with Gasteiger partial charge in [0.1, 0.15) is 10.2 Å². The molecule has 0 aromatic heterocycles. The van der Waals surface area contributed by atoms with Gasteiger partial charge in [-0.3, -0.25) is 4.79 Å². The first-order valence-corrected chi connectivity index (χ1v) is 9.14. The molecule has 1 aromatic rings. The van der Waals surface area contributed by atoms with Crippen LogP contribution in [-0.2, 0) is 0 Å². The van der Waals surface area contributed by atoms with Gasteiger partial charge in [-0.1, -0.05) is 53.8 Å². The second-order valence-corrected chi connectivity index (χ2v) is 5.54. The van der Waals surface area contributed by atoms with Crippen molar-refractivity contribution >= 4 is 23.6 Å². The third-order valence-corrected chi connectivity index (χ3v) is 3.74. The molecule has 0 bridgehead atoms. The number of hydrogen-bond donors (Lipinski definition) is 0.